The van der Waals surface area contributed by atoms with Gasteiger partial charge in [-0.25, -0.2) is 0 Å². The third kappa shape index (κ3) is 0.820. The molecule has 7 rings (SSSR count). The van der Waals surface area contributed by atoms with Crippen LogP contribution in [0.4, 0.5) is 0 Å². The topological polar surface area (TPSA) is 61.8 Å². The Kier molecular flexibility index (Phi) is 1.46. The molecule has 19 heavy (non-hydrogen) atoms. The average Bonchev–Trinajstić information content (AvgIpc) is 2.95. The van der Waals surface area contributed by atoms with E-state index in [1.165, 1.54) is 6.26 Å². The van der Waals surface area contributed by atoms with Crippen molar-refractivity contribution in [3.05, 3.63) is 0 Å². The zero-order valence-corrected chi connectivity index (χ0v) is 11.4. The van der Waals surface area contributed by atoms with Crippen LogP contribution in [0, 0.1) is 47.3 Å². The van der Waals surface area contributed by atoms with Gasteiger partial charge in [-0.1, -0.05) is 0 Å². The lowest BCUT2D eigenvalue weighted by Crippen LogP contribution is -2.61. The van der Waals surface area contributed by atoms with Gasteiger partial charge >= 0.3 is 0 Å². The smallest absolute Gasteiger partial charge is 0.264 e. The average molecular weight is 284 g/mol. The van der Waals surface area contributed by atoms with Crippen LogP contribution >= 0.6 is 0 Å². The molecule has 5 nitrogen and oxygen atoms in total. The lowest BCUT2D eigenvalue weighted by atomic mass is 9.41. The molecule has 0 aromatic carbocycles. The van der Waals surface area contributed by atoms with Crippen LogP contribution < -0.4 is 0 Å². The van der Waals surface area contributed by atoms with Crippen LogP contribution in [0.25, 0.3) is 0 Å². The maximum atomic E-state index is 11.5. The summed E-state index contributed by atoms with van der Waals surface area (Å²) in [5, 5.41) is 0. The summed E-state index contributed by atoms with van der Waals surface area (Å²) in [6, 6.07) is 0. The molecule has 0 radical (unpaired) electrons. The zero-order chi connectivity index (χ0) is 12.7. The number of rotatable bonds is 2. The molecule has 0 aromatic heterocycles. The maximum Gasteiger partial charge on any atom is 0.264 e. The molecule has 4 bridgehead atoms. The Bertz CT molecular complexity index is 594. The molecule has 6 aliphatic carbocycles. The lowest BCUT2D eigenvalue weighted by Gasteiger charge is -2.62. The highest BCUT2D eigenvalue weighted by Crippen LogP contribution is 2.91. The molecular weight excluding hydrogens is 268 g/mol. The number of hydrogen-bond acceptors (Lipinski definition) is 5. The molecule has 1 spiro atoms. The second-order valence-electron chi connectivity index (χ2n) is 7.20. The Morgan fingerprint density at radius 3 is 2.16 bits per heavy atom. The van der Waals surface area contributed by atoms with Crippen LogP contribution in [-0.2, 0) is 23.8 Å². The van der Waals surface area contributed by atoms with Gasteiger partial charge in [0.05, 0.1) is 25.6 Å². The van der Waals surface area contributed by atoms with Crippen LogP contribution in [0.15, 0.2) is 0 Å². The maximum absolute atomic E-state index is 11.5. The van der Waals surface area contributed by atoms with Gasteiger partial charge in [-0.05, 0) is 35.5 Å². The van der Waals surface area contributed by atoms with E-state index in [1.807, 2.05) is 0 Å². The van der Waals surface area contributed by atoms with Crippen LogP contribution in [-0.4, -0.2) is 39.8 Å². The standard InChI is InChI=1S/C13H16O5S/c1-19(14,15)18-12-8-4-5-7(8)11-9(12)6(4)10(5)13(11)16-2-3-17-13/h4-12H,2-3H2,1H3/t4-,5-,6-,7+,8-,9+,10-,11-,12-/m1/s1. The Labute approximate surface area is 111 Å². The Balaban J connectivity index is 1.46. The summed E-state index contributed by atoms with van der Waals surface area (Å²) in [5.74, 6) is 4.06. The highest BCUT2D eigenvalue weighted by atomic mass is 32.2. The number of ether oxygens (including phenoxy) is 2. The van der Waals surface area contributed by atoms with Crippen molar-refractivity contribution in [2.45, 2.75) is 11.9 Å². The highest BCUT2D eigenvalue weighted by molar-refractivity contribution is 7.86. The van der Waals surface area contributed by atoms with Gasteiger partial charge in [0.1, 0.15) is 0 Å². The normalized spacial score (nSPS) is 64.8. The predicted molar refractivity (Wildman–Crippen MR) is 62.3 cm³/mol. The first-order valence-electron chi connectivity index (χ1n) is 7.21. The SMILES string of the molecule is CS(=O)(=O)O[C@@H]1[C@@H]2[C@@H]3[C@@H]4[C@@H]2[C@@H]2[C@@H]1[C@@H]3[C@@H]4C21OCCO1. The van der Waals surface area contributed by atoms with E-state index < -0.39 is 10.1 Å². The van der Waals surface area contributed by atoms with Crippen molar-refractivity contribution < 1.29 is 22.1 Å². The Morgan fingerprint density at radius 2 is 1.53 bits per heavy atom. The summed E-state index contributed by atoms with van der Waals surface area (Å²) >= 11 is 0. The molecule has 1 heterocycles. The molecular formula is C13H16O5S. The second-order valence-corrected chi connectivity index (χ2v) is 8.80. The van der Waals surface area contributed by atoms with Crippen molar-refractivity contribution in [3.8, 4) is 0 Å². The number of hydrogen-bond donors (Lipinski definition) is 0. The molecule has 104 valence electrons. The molecule has 1 aliphatic heterocycles. The van der Waals surface area contributed by atoms with Crippen LogP contribution in [0.3, 0.4) is 0 Å². The van der Waals surface area contributed by atoms with Gasteiger partial charge in [0.15, 0.2) is 5.79 Å². The molecule has 1 saturated heterocycles. The Morgan fingerprint density at radius 1 is 0.947 bits per heavy atom. The van der Waals surface area contributed by atoms with E-state index in [2.05, 4.69) is 0 Å². The molecule has 6 saturated carbocycles. The lowest BCUT2D eigenvalue weighted by molar-refractivity contribution is -0.228. The van der Waals surface area contributed by atoms with E-state index in [0.29, 0.717) is 54.6 Å². The van der Waals surface area contributed by atoms with Gasteiger partial charge in [-0.15, -0.1) is 0 Å². The Hall–Kier alpha value is -0.170. The van der Waals surface area contributed by atoms with E-state index >= 15 is 0 Å². The first kappa shape index (κ1) is 10.5. The van der Waals surface area contributed by atoms with Crippen molar-refractivity contribution in [2.24, 2.45) is 47.3 Å². The third-order valence-electron chi connectivity index (χ3n) is 7.04. The van der Waals surface area contributed by atoms with Gasteiger partial charge in [0, 0.05) is 11.8 Å². The molecule has 7 aliphatic rings. The quantitative estimate of drug-likeness (QED) is 0.672. The monoisotopic (exact) mass is 284 g/mol. The van der Waals surface area contributed by atoms with Gasteiger partial charge in [-0.3, -0.25) is 4.18 Å². The summed E-state index contributed by atoms with van der Waals surface area (Å²) in [4.78, 5) is 0. The highest BCUT2D eigenvalue weighted by Gasteiger charge is 2.95. The van der Waals surface area contributed by atoms with Crippen molar-refractivity contribution in [2.75, 3.05) is 19.5 Å². The van der Waals surface area contributed by atoms with E-state index in [4.69, 9.17) is 13.7 Å². The summed E-state index contributed by atoms with van der Waals surface area (Å²) < 4.78 is 40.5. The van der Waals surface area contributed by atoms with Crippen molar-refractivity contribution >= 4 is 10.1 Å². The van der Waals surface area contributed by atoms with Gasteiger partial charge in [-0.2, -0.15) is 8.42 Å². The van der Waals surface area contributed by atoms with E-state index in [0.717, 1.165) is 5.92 Å². The fourth-order valence-corrected chi connectivity index (χ4v) is 7.93. The molecule has 7 fully saturated rings. The second kappa shape index (κ2) is 2.63. The van der Waals surface area contributed by atoms with Gasteiger partial charge in [0.25, 0.3) is 10.1 Å². The summed E-state index contributed by atoms with van der Waals surface area (Å²) in [6.45, 7) is 1.39. The van der Waals surface area contributed by atoms with Crippen LogP contribution in [0.5, 0.6) is 0 Å². The first-order chi connectivity index (χ1) is 9.05. The van der Waals surface area contributed by atoms with Gasteiger partial charge in [0.2, 0.25) is 0 Å². The molecule has 9 atom stereocenters. The predicted octanol–water partition coefficient (Wildman–Crippen LogP) is 0.0719. The molecule has 0 unspecified atom stereocenters. The third-order valence-corrected chi connectivity index (χ3v) is 7.61. The summed E-state index contributed by atoms with van der Waals surface area (Å²) in [7, 11) is -3.36. The molecule has 0 aromatic rings. The first-order valence-corrected chi connectivity index (χ1v) is 9.02. The molecule has 0 amide bonds. The minimum Gasteiger partial charge on any atom is -0.347 e. The van der Waals surface area contributed by atoms with Crippen molar-refractivity contribution in [1.29, 1.82) is 0 Å². The van der Waals surface area contributed by atoms with Crippen molar-refractivity contribution in [1.82, 2.24) is 0 Å². The van der Waals surface area contributed by atoms with Crippen molar-refractivity contribution in [3.63, 3.8) is 0 Å². The zero-order valence-electron chi connectivity index (χ0n) is 10.6. The minimum absolute atomic E-state index is 0.0894. The fourth-order valence-electron chi connectivity index (χ4n) is 7.27. The van der Waals surface area contributed by atoms with E-state index in [1.54, 1.807) is 0 Å². The van der Waals surface area contributed by atoms with E-state index in [-0.39, 0.29) is 11.9 Å². The summed E-state index contributed by atoms with van der Waals surface area (Å²) in [5.41, 5.74) is 0. The van der Waals surface area contributed by atoms with E-state index in [9.17, 15) is 8.42 Å². The largest absolute Gasteiger partial charge is 0.347 e. The molecule has 6 heteroatoms. The van der Waals surface area contributed by atoms with Crippen LogP contribution in [0.1, 0.15) is 0 Å². The summed E-state index contributed by atoms with van der Waals surface area (Å²) in [6.07, 6.45) is 1.08. The minimum atomic E-state index is -3.36. The fraction of sp³-hybridized carbons (Fsp3) is 1.00. The molecule has 0 N–H and O–H groups in total. The van der Waals surface area contributed by atoms with Gasteiger partial charge < -0.3 is 9.47 Å². The van der Waals surface area contributed by atoms with Crippen LogP contribution in [0.2, 0.25) is 0 Å².